The van der Waals surface area contributed by atoms with Gasteiger partial charge in [-0.15, -0.1) is 0 Å². The molecule has 0 radical (unpaired) electrons. The summed E-state index contributed by atoms with van der Waals surface area (Å²) in [6.07, 6.45) is 1.51. The van der Waals surface area contributed by atoms with Crippen molar-refractivity contribution < 1.29 is 17.6 Å². The Hall–Kier alpha value is -2.12. The molecule has 6 nitrogen and oxygen atoms in total. The number of furan rings is 1. The number of carbonyl (C=O) groups is 1. The monoisotopic (exact) mass is 336 g/mol. The highest BCUT2D eigenvalue weighted by Crippen LogP contribution is 2.22. The molecule has 23 heavy (non-hydrogen) atoms. The van der Waals surface area contributed by atoms with Crippen LogP contribution in [0.5, 0.6) is 0 Å². The first kappa shape index (κ1) is 17.2. The fourth-order valence-electron chi connectivity index (χ4n) is 2.10. The van der Waals surface area contributed by atoms with Crippen LogP contribution in [0.3, 0.4) is 0 Å². The smallest absolute Gasteiger partial charge is 0.241 e. The molecular formula is C16H20N2O4S. The lowest BCUT2D eigenvalue weighted by Gasteiger charge is -2.13. The minimum Gasteiger partial charge on any atom is -0.467 e. The molecule has 1 aromatic heterocycles. The normalized spacial score (nSPS) is 11.6. The molecule has 124 valence electrons. The second kappa shape index (κ2) is 7.43. The van der Waals surface area contributed by atoms with E-state index < -0.39 is 15.9 Å². The van der Waals surface area contributed by atoms with Crippen LogP contribution in [-0.2, 0) is 21.4 Å². The largest absolute Gasteiger partial charge is 0.467 e. The number of nitrogens with one attached hydrogen (secondary N) is 2. The topological polar surface area (TPSA) is 88.4 Å². The van der Waals surface area contributed by atoms with E-state index in [1.54, 1.807) is 36.4 Å². The summed E-state index contributed by atoms with van der Waals surface area (Å²) in [5, 5.41) is 2.59. The molecule has 0 atom stereocenters. The van der Waals surface area contributed by atoms with Crippen molar-refractivity contribution in [1.29, 1.82) is 0 Å². The molecule has 0 saturated carbocycles. The summed E-state index contributed by atoms with van der Waals surface area (Å²) in [5.41, 5.74) is 0.719. The predicted molar refractivity (Wildman–Crippen MR) is 86.3 cm³/mol. The van der Waals surface area contributed by atoms with E-state index in [-0.39, 0.29) is 23.9 Å². The van der Waals surface area contributed by atoms with Crippen LogP contribution in [0.1, 0.15) is 31.1 Å². The zero-order chi connectivity index (χ0) is 16.9. The number of amides is 1. The zero-order valence-corrected chi connectivity index (χ0v) is 13.9. The van der Waals surface area contributed by atoms with Crippen LogP contribution in [0.4, 0.5) is 0 Å². The van der Waals surface area contributed by atoms with Crippen molar-refractivity contribution in [3.8, 4) is 0 Å². The maximum absolute atomic E-state index is 12.4. The van der Waals surface area contributed by atoms with Gasteiger partial charge in [0, 0.05) is 0 Å². The van der Waals surface area contributed by atoms with Gasteiger partial charge in [0.15, 0.2) is 0 Å². The van der Waals surface area contributed by atoms with Gasteiger partial charge in [-0.2, -0.15) is 0 Å². The van der Waals surface area contributed by atoms with Crippen molar-refractivity contribution in [3.63, 3.8) is 0 Å². The Kier molecular flexibility index (Phi) is 5.57. The molecule has 0 bridgehead atoms. The van der Waals surface area contributed by atoms with E-state index in [1.165, 1.54) is 6.26 Å². The lowest BCUT2D eigenvalue weighted by Crippen LogP contribution is -2.36. The molecule has 1 heterocycles. The number of sulfonamides is 1. The molecule has 0 spiro atoms. The van der Waals surface area contributed by atoms with Gasteiger partial charge in [-0.3, -0.25) is 4.79 Å². The Morgan fingerprint density at radius 3 is 2.57 bits per heavy atom. The number of carbonyl (C=O) groups excluding carboxylic acids is 1. The summed E-state index contributed by atoms with van der Waals surface area (Å²) in [6.45, 7) is 3.74. The minimum atomic E-state index is -3.74. The lowest BCUT2D eigenvalue weighted by atomic mass is 10.0. The van der Waals surface area contributed by atoms with E-state index >= 15 is 0 Å². The van der Waals surface area contributed by atoms with Gasteiger partial charge in [-0.25, -0.2) is 13.1 Å². The van der Waals surface area contributed by atoms with Gasteiger partial charge in [-0.05, 0) is 29.7 Å². The number of hydrogen-bond donors (Lipinski definition) is 2. The quantitative estimate of drug-likeness (QED) is 0.809. The molecule has 0 aliphatic heterocycles. The highest BCUT2D eigenvalue weighted by atomic mass is 32.2. The Labute approximate surface area is 135 Å². The second-order valence-electron chi connectivity index (χ2n) is 5.37. The van der Waals surface area contributed by atoms with Crippen molar-refractivity contribution in [2.24, 2.45) is 0 Å². The Bertz CT molecular complexity index is 752. The Morgan fingerprint density at radius 2 is 1.91 bits per heavy atom. The van der Waals surface area contributed by atoms with Crippen LogP contribution in [0, 0.1) is 0 Å². The van der Waals surface area contributed by atoms with E-state index in [0.29, 0.717) is 5.76 Å². The number of rotatable bonds is 7. The summed E-state index contributed by atoms with van der Waals surface area (Å²) in [7, 11) is -3.74. The molecule has 0 unspecified atom stereocenters. The molecule has 2 N–H and O–H groups in total. The fraction of sp³-hybridized carbons (Fsp3) is 0.312. The van der Waals surface area contributed by atoms with Crippen LogP contribution in [0.2, 0.25) is 0 Å². The average Bonchev–Trinajstić information content (AvgIpc) is 3.04. The van der Waals surface area contributed by atoms with Crippen molar-refractivity contribution in [3.05, 3.63) is 54.0 Å². The third kappa shape index (κ3) is 4.67. The summed E-state index contributed by atoms with van der Waals surface area (Å²) >= 11 is 0. The molecule has 0 saturated heterocycles. The van der Waals surface area contributed by atoms with Gasteiger partial charge in [0.05, 0.1) is 24.2 Å². The van der Waals surface area contributed by atoms with Gasteiger partial charge < -0.3 is 9.73 Å². The SMILES string of the molecule is CC(C)c1ccccc1S(=O)(=O)NCC(=O)NCc1ccco1. The van der Waals surface area contributed by atoms with Crippen LogP contribution in [0.15, 0.2) is 52.0 Å². The third-order valence-electron chi connectivity index (χ3n) is 3.29. The standard InChI is InChI=1S/C16H20N2O4S/c1-12(2)14-7-3-4-8-15(14)23(20,21)18-11-16(19)17-10-13-6-5-9-22-13/h3-9,12,18H,10-11H2,1-2H3,(H,17,19). The number of benzene rings is 1. The maximum atomic E-state index is 12.4. The van der Waals surface area contributed by atoms with Crippen LogP contribution < -0.4 is 10.0 Å². The first-order valence-electron chi connectivity index (χ1n) is 7.28. The molecular weight excluding hydrogens is 316 g/mol. The third-order valence-corrected chi connectivity index (χ3v) is 4.77. The van der Waals surface area contributed by atoms with Gasteiger partial charge in [-0.1, -0.05) is 32.0 Å². The minimum absolute atomic E-state index is 0.0653. The highest BCUT2D eigenvalue weighted by Gasteiger charge is 2.20. The van der Waals surface area contributed by atoms with Gasteiger partial charge in [0.1, 0.15) is 5.76 Å². The molecule has 2 rings (SSSR count). The highest BCUT2D eigenvalue weighted by molar-refractivity contribution is 7.89. The first-order chi connectivity index (χ1) is 10.9. The summed E-state index contributed by atoms with van der Waals surface area (Å²) in [4.78, 5) is 12.0. The van der Waals surface area contributed by atoms with Gasteiger partial charge in [0.25, 0.3) is 0 Å². The van der Waals surface area contributed by atoms with Gasteiger partial charge >= 0.3 is 0 Å². The summed E-state index contributed by atoms with van der Waals surface area (Å²) in [5.74, 6) is 0.244. The Morgan fingerprint density at radius 1 is 1.17 bits per heavy atom. The average molecular weight is 336 g/mol. The van der Waals surface area contributed by atoms with Crippen molar-refractivity contribution >= 4 is 15.9 Å². The summed E-state index contributed by atoms with van der Waals surface area (Å²) in [6, 6.07) is 10.2. The van der Waals surface area contributed by atoms with Crippen LogP contribution >= 0.6 is 0 Å². The molecule has 2 aromatic rings. The molecule has 7 heteroatoms. The van der Waals surface area contributed by atoms with E-state index in [0.717, 1.165) is 5.56 Å². The molecule has 0 aliphatic carbocycles. The molecule has 0 fully saturated rings. The summed E-state index contributed by atoms with van der Waals surface area (Å²) < 4.78 is 32.2. The molecule has 0 aliphatic rings. The number of hydrogen-bond acceptors (Lipinski definition) is 4. The predicted octanol–water partition coefficient (Wildman–Crippen LogP) is 2.00. The van der Waals surface area contributed by atoms with Crippen LogP contribution in [0.25, 0.3) is 0 Å². The van der Waals surface area contributed by atoms with E-state index in [2.05, 4.69) is 10.0 Å². The van der Waals surface area contributed by atoms with Gasteiger partial charge in [0.2, 0.25) is 15.9 Å². The lowest BCUT2D eigenvalue weighted by molar-refractivity contribution is -0.120. The second-order valence-corrected chi connectivity index (χ2v) is 7.11. The van der Waals surface area contributed by atoms with E-state index in [1.807, 2.05) is 13.8 Å². The van der Waals surface area contributed by atoms with Crippen LogP contribution in [-0.4, -0.2) is 20.9 Å². The first-order valence-corrected chi connectivity index (χ1v) is 8.76. The maximum Gasteiger partial charge on any atom is 0.241 e. The zero-order valence-electron chi connectivity index (χ0n) is 13.1. The Balaban J connectivity index is 1.97. The fourth-order valence-corrected chi connectivity index (χ4v) is 3.45. The van der Waals surface area contributed by atoms with Crippen molar-refractivity contribution in [1.82, 2.24) is 10.0 Å². The van der Waals surface area contributed by atoms with Crippen molar-refractivity contribution in [2.45, 2.75) is 31.2 Å². The van der Waals surface area contributed by atoms with Crippen molar-refractivity contribution in [2.75, 3.05) is 6.54 Å². The van der Waals surface area contributed by atoms with E-state index in [9.17, 15) is 13.2 Å². The molecule has 1 amide bonds. The van der Waals surface area contributed by atoms with E-state index in [4.69, 9.17) is 4.42 Å². The molecule has 1 aromatic carbocycles.